The molecule has 0 N–H and O–H groups in total. The van der Waals surface area contributed by atoms with Gasteiger partial charge in [-0.1, -0.05) is 60.3 Å². The Hall–Kier alpha value is -2.12. The van der Waals surface area contributed by atoms with Gasteiger partial charge in [0.1, 0.15) is 13.2 Å². The van der Waals surface area contributed by atoms with Gasteiger partial charge in [0.15, 0.2) is 0 Å². The largest absolute Gasteiger partial charge is 0.338 e. The van der Waals surface area contributed by atoms with Crippen LogP contribution in [0.3, 0.4) is 0 Å². The maximum atomic E-state index is 12.8. The van der Waals surface area contributed by atoms with Gasteiger partial charge in [-0.25, -0.2) is 10.1 Å². The molecule has 2 aromatic rings. The second-order valence-corrected chi connectivity index (χ2v) is 8.35. The molecule has 1 saturated heterocycles. The van der Waals surface area contributed by atoms with Crippen LogP contribution in [0, 0.1) is 0 Å². The van der Waals surface area contributed by atoms with Crippen LogP contribution in [0.1, 0.15) is 36.8 Å². The zero-order valence-electron chi connectivity index (χ0n) is 16.3. The molecule has 158 valence electrons. The minimum absolute atomic E-state index is 0.186. The lowest BCUT2D eigenvalue weighted by atomic mass is 9.88. The number of halogens is 2. The predicted molar refractivity (Wildman–Crippen MR) is 112 cm³/mol. The average molecular weight is 449 g/mol. The summed E-state index contributed by atoms with van der Waals surface area (Å²) in [6, 6.07) is 13.9. The van der Waals surface area contributed by atoms with Gasteiger partial charge in [-0.15, -0.1) is 0 Å². The van der Waals surface area contributed by atoms with Crippen molar-refractivity contribution in [2.45, 2.75) is 51.0 Å². The Kier molecular flexibility index (Phi) is 6.58. The van der Waals surface area contributed by atoms with Crippen LogP contribution in [-0.2, 0) is 32.5 Å². The number of amides is 2. The number of benzene rings is 2. The molecule has 30 heavy (non-hydrogen) atoms. The zero-order chi connectivity index (χ0) is 21.1. The van der Waals surface area contributed by atoms with Crippen LogP contribution in [0.25, 0.3) is 0 Å². The van der Waals surface area contributed by atoms with E-state index in [0.717, 1.165) is 36.8 Å². The van der Waals surface area contributed by atoms with E-state index in [-0.39, 0.29) is 25.3 Å². The number of hydrogen-bond acceptors (Lipinski definition) is 4. The van der Waals surface area contributed by atoms with Gasteiger partial charge in [0.2, 0.25) is 0 Å². The SMILES string of the molecule is O=C1C(=O)N(OCc2ccc(Cl)cc2)[C@H]2CCCC[C@@H]2N1OCc1ccc(Cl)cc1. The van der Waals surface area contributed by atoms with Crippen molar-refractivity contribution in [2.75, 3.05) is 0 Å². The van der Waals surface area contributed by atoms with Crippen LogP contribution in [-0.4, -0.2) is 34.0 Å². The van der Waals surface area contributed by atoms with Crippen molar-refractivity contribution in [1.82, 2.24) is 10.1 Å². The van der Waals surface area contributed by atoms with Crippen LogP contribution in [0.2, 0.25) is 10.0 Å². The van der Waals surface area contributed by atoms with Crippen molar-refractivity contribution < 1.29 is 19.3 Å². The summed E-state index contributed by atoms with van der Waals surface area (Å²) in [6.45, 7) is 0.371. The van der Waals surface area contributed by atoms with Crippen molar-refractivity contribution in [3.63, 3.8) is 0 Å². The normalized spacial score (nSPS) is 21.7. The summed E-state index contributed by atoms with van der Waals surface area (Å²) in [5.74, 6) is -1.41. The monoisotopic (exact) mass is 448 g/mol. The third-order valence-electron chi connectivity index (χ3n) is 5.45. The quantitative estimate of drug-likeness (QED) is 0.608. The van der Waals surface area contributed by atoms with Crippen LogP contribution in [0.5, 0.6) is 0 Å². The second-order valence-electron chi connectivity index (χ2n) is 7.48. The molecule has 4 rings (SSSR count). The summed E-state index contributed by atoms with van der Waals surface area (Å²) in [7, 11) is 0. The molecule has 1 aliphatic heterocycles. The van der Waals surface area contributed by atoms with Gasteiger partial charge in [-0.3, -0.25) is 19.3 Å². The molecule has 6 nitrogen and oxygen atoms in total. The highest BCUT2D eigenvalue weighted by Crippen LogP contribution is 2.32. The first-order valence-electron chi connectivity index (χ1n) is 9.94. The summed E-state index contributed by atoms with van der Waals surface area (Å²) < 4.78 is 0. The van der Waals surface area contributed by atoms with Gasteiger partial charge < -0.3 is 0 Å². The van der Waals surface area contributed by atoms with Crippen LogP contribution < -0.4 is 0 Å². The molecule has 0 aromatic heterocycles. The predicted octanol–water partition coefficient (Wildman–Crippen LogP) is 4.54. The number of nitrogens with zero attached hydrogens (tertiary/aromatic N) is 2. The fraction of sp³-hybridized carbons (Fsp3) is 0.364. The molecule has 2 atom stereocenters. The maximum Gasteiger partial charge on any atom is 0.338 e. The van der Waals surface area contributed by atoms with Crippen molar-refractivity contribution in [1.29, 1.82) is 0 Å². The zero-order valence-corrected chi connectivity index (χ0v) is 17.8. The van der Waals surface area contributed by atoms with E-state index < -0.39 is 11.8 Å². The minimum Gasteiger partial charge on any atom is -0.265 e. The van der Waals surface area contributed by atoms with E-state index in [1.807, 2.05) is 24.3 Å². The number of rotatable bonds is 6. The lowest BCUT2D eigenvalue weighted by Gasteiger charge is -2.46. The Bertz CT molecular complexity index is 829. The lowest BCUT2D eigenvalue weighted by molar-refractivity contribution is -0.270. The van der Waals surface area contributed by atoms with Gasteiger partial charge in [0.25, 0.3) is 0 Å². The molecule has 2 aliphatic rings. The minimum atomic E-state index is -0.705. The Labute approximate surface area is 185 Å². The molecule has 8 heteroatoms. The third-order valence-corrected chi connectivity index (χ3v) is 5.95. The standard InChI is InChI=1S/C22H22Cl2N2O4/c23-17-9-5-15(6-10-17)13-29-25-19-3-1-2-4-20(19)26(22(28)21(25)27)30-14-16-7-11-18(24)12-8-16/h5-12,19-20H,1-4,13-14H2/t19-,20-/m0/s1. The number of piperazine rings is 1. The number of carbonyl (C=O) groups is 2. The second kappa shape index (κ2) is 9.35. The fourth-order valence-corrected chi connectivity index (χ4v) is 4.14. The molecule has 1 heterocycles. The Balaban J connectivity index is 1.46. The molecule has 1 saturated carbocycles. The molecule has 2 amide bonds. The molecule has 0 radical (unpaired) electrons. The molecular weight excluding hydrogens is 427 g/mol. The van der Waals surface area contributed by atoms with E-state index in [0.29, 0.717) is 10.0 Å². The lowest BCUT2D eigenvalue weighted by Crippen LogP contribution is -2.65. The van der Waals surface area contributed by atoms with Gasteiger partial charge in [0.05, 0.1) is 12.1 Å². The molecule has 0 bridgehead atoms. The Morgan fingerprint density at radius 1 is 0.700 bits per heavy atom. The van der Waals surface area contributed by atoms with Crippen molar-refractivity contribution in [3.8, 4) is 0 Å². The summed E-state index contributed by atoms with van der Waals surface area (Å²) >= 11 is 11.8. The smallest absolute Gasteiger partial charge is 0.265 e. The number of hydroxylamine groups is 4. The molecule has 1 aliphatic carbocycles. The molecule has 2 aromatic carbocycles. The third kappa shape index (κ3) is 4.62. The first-order valence-corrected chi connectivity index (χ1v) is 10.7. The first-order chi connectivity index (χ1) is 14.5. The van der Waals surface area contributed by atoms with Crippen LogP contribution in [0.4, 0.5) is 0 Å². The molecule has 0 unspecified atom stereocenters. The van der Waals surface area contributed by atoms with Crippen molar-refractivity contribution >= 4 is 35.0 Å². The summed E-state index contributed by atoms with van der Waals surface area (Å²) in [5, 5.41) is 3.76. The topological polar surface area (TPSA) is 59.1 Å². The Morgan fingerprint density at radius 3 is 1.43 bits per heavy atom. The molecule has 0 spiro atoms. The van der Waals surface area contributed by atoms with Gasteiger partial charge in [-0.2, -0.15) is 0 Å². The molecular formula is C22H22Cl2N2O4. The number of hydrogen-bond donors (Lipinski definition) is 0. The summed E-state index contributed by atoms with van der Waals surface area (Å²) in [4.78, 5) is 37.2. The van der Waals surface area contributed by atoms with E-state index >= 15 is 0 Å². The van der Waals surface area contributed by atoms with E-state index in [4.69, 9.17) is 32.9 Å². The highest BCUT2D eigenvalue weighted by molar-refractivity contribution is 6.35. The van der Waals surface area contributed by atoms with Crippen molar-refractivity contribution in [3.05, 3.63) is 69.7 Å². The van der Waals surface area contributed by atoms with Crippen LogP contribution >= 0.6 is 23.2 Å². The van der Waals surface area contributed by atoms with Gasteiger partial charge in [0, 0.05) is 10.0 Å². The number of carbonyl (C=O) groups excluding carboxylic acids is 2. The highest BCUT2D eigenvalue weighted by Gasteiger charge is 2.48. The van der Waals surface area contributed by atoms with E-state index in [1.54, 1.807) is 24.3 Å². The maximum absolute atomic E-state index is 12.8. The fourth-order valence-electron chi connectivity index (χ4n) is 3.89. The van der Waals surface area contributed by atoms with E-state index in [9.17, 15) is 9.59 Å². The first kappa shape index (κ1) is 21.1. The Morgan fingerprint density at radius 2 is 1.07 bits per heavy atom. The highest BCUT2D eigenvalue weighted by atomic mass is 35.5. The van der Waals surface area contributed by atoms with Gasteiger partial charge >= 0.3 is 11.8 Å². The van der Waals surface area contributed by atoms with Gasteiger partial charge in [-0.05, 0) is 48.2 Å². The van der Waals surface area contributed by atoms with E-state index in [1.165, 1.54) is 10.1 Å². The number of fused-ring (bicyclic) bond motifs is 1. The van der Waals surface area contributed by atoms with E-state index in [2.05, 4.69) is 0 Å². The van der Waals surface area contributed by atoms with Crippen LogP contribution in [0.15, 0.2) is 48.5 Å². The summed E-state index contributed by atoms with van der Waals surface area (Å²) in [5.41, 5.74) is 1.74. The average Bonchev–Trinajstić information content (AvgIpc) is 2.76. The summed E-state index contributed by atoms with van der Waals surface area (Å²) in [6.07, 6.45) is 3.44. The van der Waals surface area contributed by atoms with Crippen molar-refractivity contribution in [2.24, 2.45) is 0 Å². The molecule has 2 fully saturated rings.